The maximum absolute atomic E-state index is 12.6. The summed E-state index contributed by atoms with van der Waals surface area (Å²) in [5.74, 6) is 0.00375. The van der Waals surface area contributed by atoms with Crippen LogP contribution in [0.2, 0.25) is 0 Å². The van der Waals surface area contributed by atoms with Gasteiger partial charge in [0.15, 0.2) is 0 Å². The van der Waals surface area contributed by atoms with Gasteiger partial charge in [-0.15, -0.1) is 0 Å². The number of alkyl halides is 3. The van der Waals surface area contributed by atoms with E-state index in [2.05, 4.69) is 0 Å². The molecule has 1 aromatic carbocycles. The molecule has 130 valence electrons. The molecule has 6 heteroatoms. The molecule has 0 amide bonds. The van der Waals surface area contributed by atoms with Crippen molar-refractivity contribution >= 4 is 11.9 Å². The van der Waals surface area contributed by atoms with Crippen LogP contribution < -0.4 is 0 Å². The Hall–Kier alpha value is -1.66. The van der Waals surface area contributed by atoms with Crippen molar-refractivity contribution < 1.29 is 27.7 Å². The Kier molecular flexibility index (Phi) is 4.30. The molecule has 24 heavy (non-hydrogen) atoms. The van der Waals surface area contributed by atoms with Crippen LogP contribution in [0.15, 0.2) is 30.3 Å². The summed E-state index contributed by atoms with van der Waals surface area (Å²) in [5.41, 5.74) is -0.821. The third-order valence-corrected chi connectivity index (χ3v) is 5.04. The van der Waals surface area contributed by atoms with Crippen LogP contribution in [0.5, 0.6) is 0 Å². The molecular weight excluding hydrogens is 321 g/mol. The quantitative estimate of drug-likeness (QED) is 0.748. The lowest BCUT2D eigenvalue weighted by Crippen LogP contribution is -2.51. The summed E-state index contributed by atoms with van der Waals surface area (Å²) in [6.07, 6.45) is 0.0635. The van der Waals surface area contributed by atoms with Crippen LogP contribution in [0, 0.1) is 11.8 Å². The zero-order valence-corrected chi connectivity index (χ0v) is 13.5. The zero-order valence-electron chi connectivity index (χ0n) is 13.5. The SMILES string of the molecule is CC1C(=O)CC2CC1OOC2(C)/C=C\c1ccc(C(F)(F)F)cc1. The molecule has 2 fully saturated rings. The van der Waals surface area contributed by atoms with Crippen LogP contribution in [0.1, 0.15) is 37.8 Å². The van der Waals surface area contributed by atoms with Crippen LogP contribution in [-0.2, 0) is 20.7 Å². The van der Waals surface area contributed by atoms with Crippen molar-refractivity contribution in [2.45, 2.75) is 44.6 Å². The number of benzene rings is 1. The van der Waals surface area contributed by atoms with E-state index in [0.717, 1.165) is 18.6 Å². The fourth-order valence-electron chi connectivity index (χ4n) is 3.21. The van der Waals surface area contributed by atoms with Gasteiger partial charge in [-0.25, -0.2) is 9.78 Å². The monoisotopic (exact) mass is 340 g/mol. The summed E-state index contributed by atoms with van der Waals surface area (Å²) in [4.78, 5) is 22.9. The fourth-order valence-corrected chi connectivity index (χ4v) is 3.21. The standard InChI is InChI=1S/C18H19F3O3/c1-11-15(22)9-14-10-16(11)23-24-17(14,2)8-7-12-3-5-13(6-4-12)18(19,20)21/h3-8,11,14,16H,9-10H2,1-2H3/b8-7-. The number of fused-ring (bicyclic) bond motifs is 2. The second-order valence-corrected chi connectivity index (χ2v) is 6.75. The lowest BCUT2D eigenvalue weighted by molar-refractivity contribution is -0.415. The third-order valence-electron chi connectivity index (χ3n) is 5.04. The van der Waals surface area contributed by atoms with Crippen molar-refractivity contribution in [3.05, 3.63) is 41.5 Å². The van der Waals surface area contributed by atoms with E-state index in [0.29, 0.717) is 12.0 Å². The van der Waals surface area contributed by atoms with Gasteiger partial charge in [0.1, 0.15) is 17.5 Å². The number of ketones is 1. The van der Waals surface area contributed by atoms with Gasteiger partial charge in [-0.2, -0.15) is 13.2 Å². The molecule has 3 nitrogen and oxygen atoms in total. The smallest absolute Gasteiger partial charge is 0.299 e. The Labute approximate surface area is 138 Å². The van der Waals surface area contributed by atoms with E-state index in [4.69, 9.17) is 9.78 Å². The number of carbonyl (C=O) groups excluding carboxylic acids is 1. The molecule has 0 aromatic heterocycles. The average molecular weight is 340 g/mol. The molecule has 1 heterocycles. The minimum atomic E-state index is -4.34. The molecule has 1 aliphatic carbocycles. The molecule has 1 saturated carbocycles. The van der Waals surface area contributed by atoms with Crippen molar-refractivity contribution in [2.75, 3.05) is 0 Å². The van der Waals surface area contributed by atoms with Crippen LogP contribution >= 0.6 is 0 Å². The first-order valence-corrected chi connectivity index (χ1v) is 7.93. The van der Waals surface area contributed by atoms with Crippen LogP contribution in [0.4, 0.5) is 13.2 Å². The highest BCUT2D eigenvalue weighted by molar-refractivity contribution is 5.82. The van der Waals surface area contributed by atoms with Gasteiger partial charge in [0.05, 0.1) is 5.56 Å². The topological polar surface area (TPSA) is 35.5 Å². The molecule has 0 radical (unpaired) electrons. The predicted octanol–water partition coefficient (Wildman–Crippen LogP) is 4.42. The number of halogens is 3. The van der Waals surface area contributed by atoms with Crippen molar-refractivity contribution in [1.29, 1.82) is 0 Å². The van der Waals surface area contributed by atoms with E-state index in [-0.39, 0.29) is 23.7 Å². The van der Waals surface area contributed by atoms with E-state index >= 15 is 0 Å². The van der Waals surface area contributed by atoms with E-state index in [1.807, 2.05) is 13.8 Å². The van der Waals surface area contributed by atoms with Gasteiger partial charge in [0.25, 0.3) is 0 Å². The first kappa shape index (κ1) is 17.2. The van der Waals surface area contributed by atoms with Crippen LogP contribution in [-0.4, -0.2) is 17.5 Å². The largest absolute Gasteiger partial charge is 0.416 e. The third kappa shape index (κ3) is 3.26. The summed E-state index contributed by atoms with van der Waals surface area (Å²) in [6.45, 7) is 3.67. The lowest BCUT2D eigenvalue weighted by atomic mass is 9.71. The Morgan fingerprint density at radius 3 is 2.54 bits per heavy atom. The van der Waals surface area contributed by atoms with E-state index in [1.165, 1.54) is 12.1 Å². The average Bonchev–Trinajstić information content (AvgIpc) is 2.53. The van der Waals surface area contributed by atoms with Gasteiger partial charge in [-0.05, 0) is 37.1 Å². The highest BCUT2D eigenvalue weighted by atomic mass is 19.4. The maximum Gasteiger partial charge on any atom is 0.416 e. The Morgan fingerprint density at radius 1 is 1.25 bits per heavy atom. The van der Waals surface area contributed by atoms with Crippen molar-refractivity contribution in [1.82, 2.24) is 0 Å². The highest BCUT2D eigenvalue weighted by Crippen LogP contribution is 2.43. The fraction of sp³-hybridized carbons (Fsp3) is 0.500. The second kappa shape index (κ2) is 6.01. The summed E-state index contributed by atoms with van der Waals surface area (Å²) < 4.78 is 37.7. The number of hydrogen-bond acceptors (Lipinski definition) is 3. The van der Waals surface area contributed by atoms with E-state index < -0.39 is 17.3 Å². The second-order valence-electron chi connectivity index (χ2n) is 6.75. The molecule has 2 aliphatic rings. The molecule has 1 saturated heterocycles. The van der Waals surface area contributed by atoms with Crippen LogP contribution in [0.25, 0.3) is 6.08 Å². The minimum Gasteiger partial charge on any atom is -0.299 e. The normalized spacial score (nSPS) is 33.9. The number of hydrogen-bond donors (Lipinski definition) is 0. The van der Waals surface area contributed by atoms with Gasteiger partial charge < -0.3 is 0 Å². The van der Waals surface area contributed by atoms with Gasteiger partial charge in [-0.3, -0.25) is 4.79 Å². The number of rotatable bonds is 2. The van der Waals surface area contributed by atoms with Crippen LogP contribution in [0.3, 0.4) is 0 Å². The molecule has 2 bridgehead atoms. The molecule has 4 atom stereocenters. The Morgan fingerprint density at radius 2 is 1.92 bits per heavy atom. The van der Waals surface area contributed by atoms with E-state index in [9.17, 15) is 18.0 Å². The van der Waals surface area contributed by atoms with Crippen molar-refractivity contribution in [2.24, 2.45) is 11.8 Å². The molecule has 4 unspecified atom stereocenters. The van der Waals surface area contributed by atoms with E-state index in [1.54, 1.807) is 12.2 Å². The molecule has 1 aromatic rings. The molecular formula is C18H19F3O3. The minimum absolute atomic E-state index is 0.00523. The molecule has 0 spiro atoms. The van der Waals surface area contributed by atoms with Crippen molar-refractivity contribution in [3.8, 4) is 0 Å². The highest BCUT2D eigenvalue weighted by Gasteiger charge is 2.48. The molecule has 1 aliphatic heterocycles. The summed E-state index contributed by atoms with van der Waals surface area (Å²) >= 11 is 0. The Balaban J connectivity index is 1.75. The molecule has 0 N–H and O–H groups in total. The van der Waals surface area contributed by atoms with Gasteiger partial charge in [-0.1, -0.05) is 25.1 Å². The van der Waals surface area contributed by atoms with Gasteiger partial charge >= 0.3 is 6.18 Å². The number of Topliss-reactive ketones (excluding diaryl/α,β-unsaturated/α-hetero) is 1. The maximum atomic E-state index is 12.6. The summed E-state index contributed by atoms with van der Waals surface area (Å²) in [5, 5.41) is 0. The number of carbonyl (C=O) groups is 1. The van der Waals surface area contributed by atoms with Gasteiger partial charge in [0, 0.05) is 18.3 Å². The predicted molar refractivity (Wildman–Crippen MR) is 81.7 cm³/mol. The summed E-state index contributed by atoms with van der Waals surface area (Å²) in [7, 11) is 0. The molecule has 3 rings (SSSR count). The zero-order chi connectivity index (χ0) is 17.5. The first-order chi connectivity index (χ1) is 11.2. The van der Waals surface area contributed by atoms with Gasteiger partial charge in [0.2, 0.25) is 0 Å². The lowest BCUT2D eigenvalue weighted by Gasteiger charge is -2.45. The van der Waals surface area contributed by atoms with Crippen molar-refractivity contribution in [3.63, 3.8) is 0 Å². The Bertz CT molecular complexity index is 650. The first-order valence-electron chi connectivity index (χ1n) is 7.93. The summed E-state index contributed by atoms with van der Waals surface area (Å²) in [6, 6.07) is 4.90.